The topological polar surface area (TPSA) is 27.7 Å². The zero-order chi connectivity index (χ0) is 9.55. The van der Waals surface area contributed by atoms with Crippen LogP contribution in [0.3, 0.4) is 0 Å². The molecular weight excluding hydrogens is 187 g/mol. The Morgan fingerprint density at radius 1 is 1.62 bits per heavy atom. The molecule has 0 radical (unpaired) electrons. The maximum absolute atomic E-state index is 5.95. The zero-order valence-electron chi connectivity index (χ0n) is 8.45. The van der Waals surface area contributed by atoms with Gasteiger partial charge < -0.3 is 0 Å². The number of hydrogen-bond acceptors (Lipinski definition) is 3. The van der Waals surface area contributed by atoms with Crippen molar-refractivity contribution in [1.82, 2.24) is 0 Å². The van der Waals surface area contributed by atoms with Gasteiger partial charge in [-0.15, -0.1) is 0 Å². The Morgan fingerprint density at radius 2 is 2.38 bits per heavy atom. The molecule has 1 saturated heterocycles. The fourth-order valence-electron chi connectivity index (χ4n) is 1.94. The van der Waals surface area contributed by atoms with Crippen molar-refractivity contribution < 1.29 is 13.6 Å². The predicted molar refractivity (Wildman–Crippen MR) is 53.7 cm³/mol. The van der Waals surface area contributed by atoms with Crippen LogP contribution >= 0.6 is 7.28 Å². The molecule has 2 aliphatic heterocycles. The van der Waals surface area contributed by atoms with Crippen LogP contribution in [0.2, 0.25) is 0 Å². The van der Waals surface area contributed by atoms with Gasteiger partial charge in [0.1, 0.15) is 0 Å². The Morgan fingerprint density at radius 3 is 2.77 bits per heavy atom. The first-order chi connectivity index (χ1) is 6.08. The monoisotopic (exact) mass is 204 g/mol. The minimum absolute atomic E-state index is 0.178. The first-order valence-corrected chi connectivity index (χ1v) is 7.16. The van der Waals surface area contributed by atoms with Crippen molar-refractivity contribution in [2.75, 3.05) is 18.9 Å². The molecular formula is C9H17O3P. The quantitative estimate of drug-likeness (QED) is 0.614. The second kappa shape index (κ2) is 2.69. The molecule has 4 heteroatoms. The van der Waals surface area contributed by atoms with Crippen molar-refractivity contribution >= 4 is 7.28 Å². The summed E-state index contributed by atoms with van der Waals surface area (Å²) in [7, 11) is -2.68. The van der Waals surface area contributed by atoms with E-state index in [0.29, 0.717) is 6.61 Å². The summed E-state index contributed by atoms with van der Waals surface area (Å²) in [6.45, 7) is 6.76. The van der Waals surface area contributed by atoms with Crippen LogP contribution in [0.4, 0.5) is 0 Å². The van der Waals surface area contributed by atoms with E-state index in [2.05, 4.69) is 13.0 Å². The fraction of sp³-hybridized carbons (Fsp3) is 0.778. The Kier molecular flexibility index (Phi) is 1.96. The third kappa shape index (κ3) is 1.30. The molecule has 0 aromatic heterocycles. The molecule has 0 amide bonds. The molecule has 0 N–H and O–H groups in total. The normalized spacial score (nSPS) is 37.9. The second-order valence-corrected chi connectivity index (χ2v) is 7.93. The predicted octanol–water partition coefficient (Wildman–Crippen LogP) is 2.67. The average Bonchev–Trinajstić information content (AvgIpc) is 2.59. The van der Waals surface area contributed by atoms with Crippen LogP contribution in [0.5, 0.6) is 0 Å². The Labute approximate surface area is 79.2 Å². The van der Waals surface area contributed by atoms with Crippen LogP contribution in [0.1, 0.15) is 20.8 Å². The van der Waals surface area contributed by atoms with Crippen molar-refractivity contribution in [2.45, 2.75) is 26.9 Å². The molecule has 0 saturated carbocycles. The molecule has 13 heavy (non-hydrogen) atoms. The molecule has 0 aromatic rings. The summed E-state index contributed by atoms with van der Waals surface area (Å²) in [5.41, 5.74) is 0. The Balaban J connectivity index is 2.26. The number of hydrogen-bond donors (Lipinski definition) is 0. The van der Waals surface area contributed by atoms with E-state index >= 15 is 0 Å². The molecule has 2 rings (SSSR count). The van der Waals surface area contributed by atoms with Crippen molar-refractivity contribution in [2.24, 2.45) is 0 Å². The molecule has 1 spiro atoms. The summed E-state index contributed by atoms with van der Waals surface area (Å²) in [6.07, 6.45) is 3.94. The van der Waals surface area contributed by atoms with E-state index < -0.39 is 7.28 Å². The maximum atomic E-state index is 5.95. The summed E-state index contributed by atoms with van der Waals surface area (Å²) in [5, 5.41) is 0. The Hall–Kier alpha value is -0.110. The Bertz CT molecular complexity index is 266. The van der Waals surface area contributed by atoms with Gasteiger partial charge in [0.05, 0.1) is 0 Å². The van der Waals surface area contributed by atoms with Crippen molar-refractivity contribution in [3.63, 3.8) is 0 Å². The zero-order valence-corrected chi connectivity index (χ0v) is 9.34. The summed E-state index contributed by atoms with van der Waals surface area (Å²) >= 11 is 0. The molecule has 2 heterocycles. The van der Waals surface area contributed by atoms with E-state index in [1.165, 1.54) is 0 Å². The van der Waals surface area contributed by atoms with E-state index in [9.17, 15) is 0 Å². The molecule has 1 unspecified atom stereocenters. The second-order valence-electron chi connectivity index (χ2n) is 3.84. The van der Waals surface area contributed by atoms with E-state index in [-0.39, 0.29) is 6.10 Å². The molecule has 2 aliphatic rings. The minimum atomic E-state index is -2.68. The van der Waals surface area contributed by atoms with Gasteiger partial charge in [-0.05, 0) is 0 Å². The van der Waals surface area contributed by atoms with Crippen LogP contribution in [0.25, 0.3) is 0 Å². The van der Waals surface area contributed by atoms with Gasteiger partial charge in [0.25, 0.3) is 0 Å². The van der Waals surface area contributed by atoms with Crippen LogP contribution in [-0.4, -0.2) is 25.0 Å². The first kappa shape index (κ1) is 9.45. The van der Waals surface area contributed by atoms with Crippen LogP contribution in [0.15, 0.2) is 11.8 Å². The van der Waals surface area contributed by atoms with Crippen molar-refractivity contribution in [3.05, 3.63) is 11.8 Å². The standard InChI is InChI=1S/C9H17O3P/c1-4-13(6-5-8(2)11-13)10-7-9(3)12-13/h5,9H,4,6-7H2,1-3H3. The first-order valence-electron chi connectivity index (χ1n) is 4.80. The molecule has 76 valence electrons. The number of rotatable bonds is 1. The molecule has 3 nitrogen and oxygen atoms in total. The SMILES string of the molecule is CCP12(CC=C(C)O1)OCC(C)O2. The molecule has 1 atom stereocenters. The molecule has 0 bridgehead atoms. The summed E-state index contributed by atoms with van der Waals surface area (Å²) < 4.78 is 17.7. The average molecular weight is 204 g/mol. The van der Waals surface area contributed by atoms with Gasteiger partial charge in [-0.1, -0.05) is 0 Å². The van der Waals surface area contributed by atoms with Gasteiger partial charge in [0.15, 0.2) is 0 Å². The van der Waals surface area contributed by atoms with Gasteiger partial charge in [-0.2, -0.15) is 0 Å². The van der Waals surface area contributed by atoms with Gasteiger partial charge in [-0.3, -0.25) is 0 Å². The van der Waals surface area contributed by atoms with E-state index in [0.717, 1.165) is 18.1 Å². The molecule has 1 fully saturated rings. The molecule has 0 aromatic carbocycles. The van der Waals surface area contributed by atoms with Gasteiger partial charge in [-0.25, -0.2) is 0 Å². The van der Waals surface area contributed by atoms with Gasteiger partial charge >= 0.3 is 78.5 Å². The summed E-state index contributed by atoms with van der Waals surface area (Å²) in [4.78, 5) is 0. The van der Waals surface area contributed by atoms with Crippen LogP contribution in [0, 0.1) is 0 Å². The van der Waals surface area contributed by atoms with Crippen LogP contribution < -0.4 is 0 Å². The van der Waals surface area contributed by atoms with E-state index in [4.69, 9.17) is 13.6 Å². The van der Waals surface area contributed by atoms with Gasteiger partial charge in [0.2, 0.25) is 0 Å². The van der Waals surface area contributed by atoms with Gasteiger partial charge in [0, 0.05) is 0 Å². The van der Waals surface area contributed by atoms with Crippen LogP contribution in [-0.2, 0) is 13.6 Å². The van der Waals surface area contributed by atoms with E-state index in [1.54, 1.807) is 0 Å². The van der Waals surface area contributed by atoms with E-state index in [1.807, 2.05) is 13.8 Å². The summed E-state index contributed by atoms with van der Waals surface area (Å²) in [5.74, 6) is 0.952. The third-order valence-electron chi connectivity index (χ3n) is 2.70. The van der Waals surface area contributed by atoms with Crippen molar-refractivity contribution in [1.29, 1.82) is 0 Å². The fourth-order valence-corrected chi connectivity index (χ4v) is 5.81. The summed E-state index contributed by atoms with van der Waals surface area (Å²) in [6, 6.07) is 0. The van der Waals surface area contributed by atoms with Crippen molar-refractivity contribution in [3.8, 4) is 0 Å². The number of allylic oxidation sites excluding steroid dienone is 2. The third-order valence-corrected chi connectivity index (χ3v) is 7.06. The molecule has 0 aliphatic carbocycles.